The van der Waals surface area contributed by atoms with E-state index >= 15 is 0 Å². The van der Waals surface area contributed by atoms with Crippen molar-refractivity contribution in [1.82, 2.24) is 14.5 Å². The number of nitrogens with one attached hydrogen (secondary N) is 1. The van der Waals surface area contributed by atoms with Gasteiger partial charge < -0.3 is 24.6 Å². The van der Waals surface area contributed by atoms with Crippen molar-refractivity contribution in [2.24, 2.45) is 28.8 Å². The third kappa shape index (κ3) is 8.45. The minimum atomic E-state index is -1.52. The van der Waals surface area contributed by atoms with Crippen LogP contribution >= 0.6 is 11.6 Å². The van der Waals surface area contributed by atoms with E-state index in [0.29, 0.717) is 29.9 Å². The molecule has 9 nitrogen and oxygen atoms in total. The summed E-state index contributed by atoms with van der Waals surface area (Å²) in [5, 5.41) is 14.8. The van der Waals surface area contributed by atoms with E-state index in [-0.39, 0.29) is 23.0 Å². The number of piperazine rings is 1. The molecule has 0 spiro atoms. The third-order valence-corrected chi connectivity index (χ3v) is 13.8. The summed E-state index contributed by atoms with van der Waals surface area (Å²) in [6, 6.07) is 11.9. The number of benzene rings is 2. The van der Waals surface area contributed by atoms with Crippen molar-refractivity contribution in [3.8, 4) is 5.75 Å². The van der Waals surface area contributed by atoms with E-state index in [1.54, 1.807) is 6.07 Å². The number of anilines is 1. The summed E-state index contributed by atoms with van der Waals surface area (Å²) < 4.78 is 22.8. The maximum atomic E-state index is 13.5. The van der Waals surface area contributed by atoms with Gasteiger partial charge in [0.1, 0.15) is 22.6 Å². The lowest BCUT2D eigenvalue weighted by atomic mass is 9.64. The minimum absolute atomic E-state index is 0.124. The Labute approximate surface area is 306 Å². The highest BCUT2D eigenvalue weighted by molar-refractivity contribution is 7.84. The van der Waals surface area contributed by atoms with E-state index in [1.807, 2.05) is 25.1 Å². The lowest BCUT2D eigenvalue weighted by Crippen LogP contribution is -2.48. The van der Waals surface area contributed by atoms with E-state index in [1.165, 1.54) is 11.1 Å². The average Bonchev–Trinajstić information content (AvgIpc) is 3.27. The molecule has 0 aromatic heterocycles. The van der Waals surface area contributed by atoms with Gasteiger partial charge in [0.2, 0.25) is 0 Å². The van der Waals surface area contributed by atoms with Crippen molar-refractivity contribution in [2.75, 3.05) is 57.8 Å². The quantitative estimate of drug-likeness (QED) is 0.149. The standard InChI is InChI=1S/C39H56ClN5O4S/c1-5-7-28-20-33(40)12-14-35(28)32-24-45-23-31-10-13-34(31)29(22-38(41-47)44-18-16-43(4)17-19-44)9-6-8-26(2)27(3)50(48)42-39(46)30-11-15-37(49-25-32)36(45)21-30/h11-12,14-15,20-21,26-27,29,31-32,34,47H,5-10,13,16-19,22-25H2,1-4H3,(H,42,46)/b41-38+. The maximum Gasteiger partial charge on any atom is 0.263 e. The fourth-order valence-corrected chi connectivity index (χ4v) is 9.81. The molecule has 2 aromatic carbocycles. The SMILES string of the molecule is CCCc1cc(Cl)ccc1C1COc2ccc3cc2N(C1)CC1CCC1C(C/C(=N\O)N1CCN(C)CC1)CCCC(C)C(C)S(=O)NC3=O. The van der Waals surface area contributed by atoms with Crippen molar-refractivity contribution >= 4 is 40.0 Å². The fourth-order valence-electron chi connectivity index (χ4n) is 8.57. The average molecular weight is 726 g/mol. The largest absolute Gasteiger partial charge is 0.491 e. The zero-order valence-electron chi connectivity index (χ0n) is 30.3. The summed E-state index contributed by atoms with van der Waals surface area (Å²) in [5.74, 6) is 2.93. The Hall–Kier alpha value is -2.82. The molecule has 3 aliphatic heterocycles. The molecular formula is C39H56ClN5O4S. The van der Waals surface area contributed by atoms with Crippen LogP contribution < -0.4 is 14.4 Å². The Balaban J connectivity index is 1.34. The molecule has 1 aliphatic carbocycles. The van der Waals surface area contributed by atoms with Gasteiger partial charge in [-0.1, -0.05) is 49.5 Å². The number of hydrogen-bond acceptors (Lipinski definition) is 7. The predicted molar refractivity (Wildman–Crippen MR) is 203 cm³/mol. The molecule has 2 N–H and O–H groups in total. The number of rotatable bonds is 5. The number of hydrogen-bond donors (Lipinski definition) is 2. The molecule has 2 bridgehead atoms. The number of nitrogens with zero attached hydrogens (tertiary/aromatic N) is 4. The van der Waals surface area contributed by atoms with E-state index in [2.05, 4.69) is 57.6 Å². The van der Waals surface area contributed by atoms with Crippen LogP contribution in [0.25, 0.3) is 0 Å². The first-order chi connectivity index (χ1) is 24.1. The number of amides is 1. The van der Waals surface area contributed by atoms with Crippen LogP contribution in [0.3, 0.4) is 0 Å². The number of ether oxygens (including phenoxy) is 1. The van der Waals surface area contributed by atoms with Crippen molar-refractivity contribution in [3.05, 3.63) is 58.1 Å². The van der Waals surface area contributed by atoms with Gasteiger partial charge in [0.15, 0.2) is 0 Å². The van der Waals surface area contributed by atoms with Crippen LogP contribution in [-0.4, -0.2) is 89.1 Å². The summed E-state index contributed by atoms with van der Waals surface area (Å²) in [5.41, 5.74) is 3.95. The molecular weight excluding hydrogens is 670 g/mol. The molecule has 3 heterocycles. The normalized spacial score (nSPS) is 30.1. The highest BCUT2D eigenvalue weighted by Crippen LogP contribution is 2.46. The van der Waals surface area contributed by atoms with Crippen LogP contribution in [0, 0.1) is 23.7 Å². The number of carbonyl (C=O) groups excluding carboxylic acids is 1. The minimum Gasteiger partial charge on any atom is -0.491 e. The van der Waals surface area contributed by atoms with Gasteiger partial charge in [-0.2, -0.15) is 0 Å². The van der Waals surface area contributed by atoms with Crippen molar-refractivity contribution in [3.63, 3.8) is 0 Å². The molecule has 274 valence electrons. The topological polar surface area (TPSA) is 97.7 Å². The number of carbonyl (C=O) groups is 1. The Morgan fingerprint density at radius 2 is 1.86 bits per heavy atom. The van der Waals surface area contributed by atoms with Crippen LogP contribution in [0.4, 0.5) is 5.69 Å². The van der Waals surface area contributed by atoms with Crippen molar-refractivity contribution in [1.29, 1.82) is 0 Å². The monoisotopic (exact) mass is 725 g/mol. The molecule has 6 rings (SSSR count). The van der Waals surface area contributed by atoms with Crippen LogP contribution in [-0.2, 0) is 17.4 Å². The second-order valence-electron chi connectivity index (χ2n) is 15.3. The molecule has 11 heteroatoms. The van der Waals surface area contributed by atoms with E-state index < -0.39 is 11.0 Å². The van der Waals surface area contributed by atoms with Gasteiger partial charge in [-0.15, -0.1) is 0 Å². The molecule has 0 radical (unpaired) electrons. The second kappa shape index (κ2) is 16.7. The first kappa shape index (κ1) is 37.0. The van der Waals surface area contributed by atoms with E-state index in [9.17, 15) is 14.2 Å². The Morgan fingerprint density at radius 3 is 2.58 bits per heavy atom. The molecule has 1 amide bonds. The first-order valence-electron chi connectivity index (χ1n) is 18.8. The number of fused-ring (bicyclic) bond motifs is 2. The molecule has 1 saturated carbocycles. The lowest BCUT2D eigenvalue weighted by molar-refractivity contribution is 0.0979. The van der Waals surface area contributed by atoms with E-state index in [4.69, 9.17) is 16.3 Å². The van der Waals surface area contributed by atoms with Gasteiger partial charge in [0.25, 0.3) is 5.91 Å². The van der Waals surface area contributed by atoms with Crippen LogP contribution in [0.2, 0.25) is 5.02 Å². The summed E-state index contributed by atoms with van der Waals surface area (Å²) in [6.07, 6.45) is 8.02. The Kier molecular flexibility index (Phi) is 12.3. The number of likely N-dealkylation sites (N-methyl/N-ethyl adjacent to an activating group) is 1. The summed E-state index contributed by atoms with van der Waals surface area (Å²) in [7, 11) is 0.629. The predicted octanol–water partition coefficient (Wildman–Crippen LogP) is 6.94. The van der Waals surface area contributed by atoms with Gasteiger partial charge in [-0.05, 0) is 111 Å². The van der Waals surface area contributed by atoms with Crippen molar-refractivity contribution < 1.29 is 18.9 Å². The van der Waals surface area contributed by atoms with E-state index in [0.717, 1.165) is 113 Å². The fraction of sp³-hybridized carbons (Fsp3) is 0.641. The third-order valence-electron chi connectivity index (χ3n) is 12.0. The number of halogens is 1. The smallest absolute Gasteiger partial charge is 0.263 e. The number of amidine groups is 1. The van der Waals surface area contributed by atoms with Crippen molar-refractivity contribution in [2.45, 2.75) is 83.3 Å². The first-order valence-corrected chi connectivity index (χ1v) is 20.4. The van der Waals surface area contributed by atoms with Gasteiger partial charge in [-0.3, -0.25) is 9.52 Å². The van der Waals surface area contributed by atoms with Crippen LogP contribution in [0.5, 0.6) is 5.75 Å². The molecule has 7 atom stereocenters. The highest BCUT2D eigenvalue weighted by atomic mass is 35.5. The zero-order valence-corrected chi connectivity index (χ0v) is 31.9. The molecule has 2 fully saturated rings. The highest BCUT2D eigenvalue weighted by Gasteiger charge is 2.40. The summed E-state index contributed by atoms with van der Waals surface area (Å²) in [6.45, 7) is 12.1. The molecule has 1 saturated heterocycles. The van der Waals surface area contributed by atoms with Crippen LogP contribution in [0.1, 0.15) is 93.1 Å². The van der Waals surface area contributed by atoms with Crippen LogP contribution in [0.15, 0.2) is 41.6 Å². The van der Waals surface area contributed by atoms with Gasteiger partial charge in [0.05, 0.1) is 17.5 Å². The molecule has 7 unspecified atom stereocenters. The number of oxime groups is 1. The molecule has 50 heavy (non-hydrogen) atoms. The summed E-state index contributed by atoms with van der Waals surface area (Å²) in [4.78, 5) is 20.6. The number of aryl methyl sites for hydroxylation is 1. The maximum absolute atomic E-state index is 13.5. The van der Waals surface area contributed by atoms with Gasteiger partial charge in [-0.25, -0.2) is 4.21 Å². The summed E-state index contributed by atoms with van der Waals surface area (Å²) >= 11 is 6.48. The molecule has 4 aliphatic rings. The lowest BCUT2D eigenvalue weighted by Gasteiger charge is -2.46. The van der Waals surface area contributed by atoms with Gasteiger partial charge >= 0.3 is 0 Å². The zero-order chi connectivity index (χ0) is 35.4. The molecule has 2 aromatic rings. The Morgan fingerprint density at radius 1 is 1.06 bits per heavy atom. The second-order valence-corrected chi connectivity index (χ2v) is 17.3. The Bertz CT molecular complexity index is 1550. The van der Waals surface area contributed by atoms with Gasteiger partial charge in [0, 0.05) is 62.2 Å².